The molecule has 0 saturated carbocycles. The molecular formula is C22H13F3N2O2. The monoisotopic (exact) mass is 394 g/mol. The van der Waals surface area contributed by atoms with Gasteiger partial charge in [-0.2, -0.15) is 0 Å². The van der Waals surface area contributed by atoms with Crippen LogP contribution in [0.5, 0.6) is 0 Å². The number of nitrogens with zero attached hydrogens (tertiary/aromatic N) is 1. The number of aromatic nitrogens is 1. The quantitative estimate of drug-likeness (QED) is 0.517. The first kappa shape index (κ1) is 18.6. The van der Waals surface area contributed by atoms with Crippen LogP contribution < -0.4 is 5.32 Å². The van der Waals surface area contributed by atoms with E-state index in [-0.39, 0.29) is 5.56 Å². The van der Waals surface area contributed by atoms with E-state index < -0.39 is 35.7 Å². The first-order valence-corrected chi connectivity index (χ1v) is 8.65. The molecule has 1 saturated heterocycles. The van der Waals surface area contributed by atoms with Crippen molar-refractivity contribution in [2.24, 2.45) is 0 Å². The number of carbonyl (C=O) groups is 1. The number of hydrogen-bond acceptors (Lipinski definition) is 3. The van der Waals surface area contributed by atoms with E-state index in [1.807, 2.05) is 30.3 Å². The Hall–Kier alpha value is -3.79. The number of benzene rings is 2. The third-order valence-electron chi connectivity index (χ3n) is 4.43. The van der Waals surface area contributed by atoms with Gasteiger partial charge in [0.2, 0.25) is 0 Å². The molecule has 0 bridgehead atoms. The molecule has 29 heavy (non-hydrogen) atoms. The average molecular weight is 394 g/mol. The van der Waals surface area contributed by atoms with Gasteiger partial charge in [0.1, 0.15) is 6.04 Å². The van der Waals surface area contributed by atoms with E-state index in [1.54, 1.807) is 12.3 Å². The highest BCUT2D eigenvalue weighted by Crippen LogP contribution is 2.38. The summed E-state index contributed by atoms with van der Waals surface area (Å²) in [5.41, 5.74) is 1.60. The number of nitrogens with one attached hydrogen (secondary N) is 1. The van der Waals surface area contributed by atoms with E-state index in [2.05, 4.69) is 22.1 Å². The Balaban J connectivity index is 1.68. The molecule has 4 nitrogen and oxygen atoms in total. The van der Waals surface area contributed by atoms with Gasteiger partial charge in [-0.1, -0.05) is 30.0 Å². The smallest absolute Gasteiger partial charge is 0.408 e. The standard InChI is InChI=1S/C22H13F3N2O2/c23-17-9-8-16(18(24)19(17)25)21-20(27-22(28)29-21)15-10-14(11-26-12-15)7-6-13-4-2-1-3-5-13/h1-5,8-12,20-21H,(H,27,28)/t20-,21-/m1/s1. The van der Waals surface area contributed by atoms with Gasteiger partial charge in [-0.3, -0.25) is 4.98 Å². The second-order valence-corrected chi connectivity index (χ2v) is 6.34. The van der Waals surface area contributed by atoms with Crippen LogP contribution in [-0.2, 0) is 4.74 Å². The Morgan fingerprint density at radius 3 is 2.48 bits per heavy atom. The van der Waals surface area contributed by atoms with Crippen LogP contribution >= 0.6 is 0 Å². The van der Waals surface area contributed by atoms with Crippen molar-refractivity contribution in [3.05, 3.63) is 101 Å². The molecule has 0 aliphatic carbocycles. The molecule has 1 N–H and O–H groups in total. The van der Waals surface area contributed by atoms with E-state index in [4.69, 9.17) is 4.74 Å². The molecule has 1 fully saturated rings. The van der Waals surface area contributed by atoms with E-state index in [9.17, 15) is 18.0 Å². The van der Waals surface area contributed by atoms with Crippen LogP contribution in [0.3, 0.4) is 0 Å². The van der Waals surface area contributed by atoms with Crippen LogP contribution in [0.25, 0.3) is 0 Å². The Morgan fingerprint density at radius 2 is 1.69 bits per heavy atom. The zero-order valence-electron chi connectivity index (χ0n) is 14.8. The second kappa shape index (κ2) is 7.68. The van der Waals surface area contributed by atoms with Gasteiger partial charge < -0.3 is 10.1 Å². The van der Waals surface area contributed by atoms with Crippen molar-refractivity contribution in [1.82, 2.24) is 10.3 Å². The van der Waals surface area contributed by atoms with Crippen molar-refractivity contribution in [2.45, 2.75) is 12.1 Å². The van der Waals surface area contributed by atoms with Gasteiger partial charge in [0.25, 0.3) is 0 Å². The maximum atomic E-state index is 14.2. The Morgan fingerprint density at radius 1 is 0.931 bits per heavy atom. The van der Waals surface area contributed by atoms with Crippen LogP contribution in [-0.4, -0.2) is 11.1 Å². The Bertz CT molecular complexity index is 1140. The van der Waals surface area contributed by atoms with Crippen LogP contribution in [0, 0.1) is 29.3 Å². The van der Waals surface area contributed by atoms with Crippen LogP contribution in [0.2, 0.25) is 0 Å². The lowest BCUT2D eigenvalue weighted by molar-refractivity contribution is 0.129. The second-order valence-electron chi connectivity index (χ2n) is 6.34. The lowest BCUT2D eigenvalue weighted by Gasteiger charge is -2.18. The zero-order valence-corrected chi connectivity index (χ0v) is 14.8. The fourth-order valence-electron chi connectivity index (χ4n) is 3.04. The number of ether oxygens (including phenoxy) is 1. The predicted molar refractivity (Wildman–Crippen MR) is 98.1 cm³/mol. The maximum absolute atomic E-state index is 14.2. The fourth-order valence-corrected chi connectivity index (χ4v) is 3.04. The number of rotatable bonds is 2. The SMILES string of the molecule is O=C1N[C@H](c2cncc(C#Cc3ccccc3)c2)[C@@H](c2ccc(F)c(F)c2F)O1. The number of carbonyl (C=O) groups excluding carboxylic acids is 1. The number of cyclic esters (lactones) is 1. The summed E-state index contributed by atoms with van der Waals surface area (Å²) in [5, 5.41) is 2.55. The van der Waals surface area contributed by atoms with Crippen molar-refractivity contribution in [1.29, 1.82) is 0 Å². The van der Waals surface area contributed by atoms with Gasteiger partial charge in [-0.05, 0) is 35.9 Å². The van der Waals surface area contributed by atoms with Gasteiger partial charge in [0, 0.05) is 29.1 Å². The Labute approximate surface area is 164 Å². The number of alkyl carbamates (subject to hydrolysis) is 1. The average Bonchev–Trinajstić information content (AvgIpc) is 3.13. The number of hydrogen-bond donors (Lipinski definition) is 1. The number of halogens is 3. The van der Waals surface area contributed by atoms with Crippen LogP contribution in [0.4, 0.5) is 18.0 Å². The minimum Gasteiger partial charge on any atom is -0.439 e. The fraction of sp³-hybridized carbons (Fsp3) is 0.0909. The molecule has 4 rings (SSSR count). The van der Waals surface area contributed by atoms with Gasteiger partial charge in [0.15, 0.2) is 23.6 Å². The number of pyridine rings is 1. The van der Waals surface area contributed by atoms with Gasteiger partial charge in [-0.15, -0.1) is 0 Å². The third kappa shape index (κ3) is 3.78. The summed E-state index contributed by atoms with van der Waals surface area (Å²) < 4.78 is 46.3. The van der Waals surface area contributed by atoms with Gasteiger partial charge >= 0.3 is 6.09 Å². The predicted octanol–water partition coefficient (Wildman–Crippen LogP) is 4.42. The van der Waals surface area contributed by atoms with Crippen molar-refractivity contribution < 1.29 is 22.7 Å². The molecule has 144 valence electrons. The van der Waals surface area contributed by atoms with E-state index in [1.165, 1.54) is 6.20 Å². The highest BCUT2D eigenvalue weighted by Gasteiger charge is 2.39. The summed E-state index contributed by atoms with van der Waals surface area (Å²) >= 11 is 0. The first-order valence-electron chi connectivity index (χ1n) is 8.65. The highest BCUT2D eigenvalue weighted by atomic mass is 19.2. The summed E-state index contributed by atoms with van der Waals surface area (Å²) in [7, 11) is 0. The molecule has 7 heteroatoms. The van der Waals surface area contributed by atoms with E-state index in [0.29, 0.717) is 11.1 Å². The summed E-state index contributed by atoms with van der Waals surface area (Å²) in [6.07, 6.45) is 1.03. The topological polar surface area (TPSA) is 51.2 Å². The molecule has 0 unspecified atom stereocenters. The first-order chi connectivity index (χ1) is 14.0. The van der Waals surface area contributed by atoms with E-state index in [0.717, 1.165) is 17.7 Å². The highest BCUT2D eigenvalue weighted by molar-refractivity contribution is 5.71. The van der Waals surface area contributed by atoms with Crippen molar-refractivity contribution in [2.75, 3.05) is 0 Å². The molecule has 1 amide bonds. The normalized spacial score (nSPS) is 17.8. The number of amides is 1. The summed E-state index contributed by atoms with van der Waals surface area (Å²) in [4.78, 5) is 15.9. The molecule has 1 aliphatic heterocycles. The van der Waals surface area contributed by atoms with Crippen molar-refractivity contribution >= 4 is 6.09 Å². The van der Waals surface area contributed by atoms with Crippen molar-refractivity contribution in [3.8, 4) is 11.8 Å². The lowest BCUT2D eigenvalue weighted by atomic mass is 9.96. The molecule has 1 aromatic heterocycles. The summed E-state index contributed by atoms with van der Waals surface area (Å²) in [6, 6.07) is 12.0. The van der Waals surface area contributed by atoms with Crippen LogP contribution in [0.15, 0.2) is 60.9 Å². The summed E-state index contributed by atoms with van der Waals surface area (Å²) in [5.74, 6) is 1.62. The molecular weight excluding hydrogens is 381 g/mol. The largest absolute Gasteiger partial charge is 0.439 e. The minimum absolute atomic E-state index is 0.270. The molecule has 2 atom stereocenters. The summed E-state index contributed by atoms with van der Waals surface area (Å²) in [6.45, 7) is 0. The molecule has 0 radical (unpaired) electrons. The minimum atomic E-state index is -1.62. The van der Waals surface area contributed by atoms with Gasteiger partial charge in [0.05, 0.1) is 0 Å². The Kier molecular flexibility index (Phi) is 4.92. The van der Waals surface area contributed by atoms with Crippen LogP contribution in [0.1, 0.15) is 34.4 Å². The molecule has 3 aromatic rings. The molecule has 0 spiro atoms. The van der Waals surface area contributed by atoms with E-state index >= 15 is 0 Å². The zero-order chi connectivity index (χ0) is 20.4. The van der Waals surface area contributed by atoms with Gasteiger partial charge in [-0.25, -0.2) is 18.0 Å². The lowest BCUT2D eigenvalue weighted by Crippen LogP contribution is -2.20. The third-order valence-corrected chi connectivity index (χ3v) is 4.43. The molecule has 1 aliphatic rings. The molecule has 2 aromatic carbocycles. The van der Waals surface area contributed by atoms with Crippen molar-refractivity contribution in [3.63, 3.8) is 0 Å². The maximum Gasteiger partial charge on any atom is 0.408 e. The molecule has 2 heterocycles.